The topological polar surface area (TPSA) is 57.5 Å². The van der Waals surface area contributed by atoms with Gasteiger partial charge in [-0.15, -0.1) is 0 Å². The molecule has 1 atom stereocenters. The number of aliphatic carboxylic acids is 1. The molecular weight excluding hydrogens is 156 g/mol. The van der Waals surface area contributed by atoms with Crippen LogP contribution in [-0.4, -0.2) is 22.3 Å². The lowest BCUT2D eigenvalue weighted by Crippen LogP contribution is -2.10. The standard InChI is InChI=1S/C9H18O3/c1-7(2)3-4-8(10)5-6-9(11)12/h7-8,10H,3-6H2,1-2H3,(H,11,12). The monoisotopic (exact) mass is 174 g/mol. The summed E-state index contributed by atoms with van der Waals surface area (Å²) in [7, 11) is 0. The molecule has 0 aliphatic carbocycles. The van der Waals surface area contributed by atoms with Crippen molar-refractivity contribution in [3.63, 3.8) is 0 Å². The molecular formula is C9H18O3. The van der Waals surface area contributed by atoms with Gasteiger partial charge in [0.15, 0.2) is 0 Å². The number of aliphatic hydroxyl groups excluding tert-OH is 1. The smallest absolute Gasteiger partial charge is 0.303 e. The first-order chi connectivity index (χ1) is 5.52. The first kappa shape index (κ1) is 11.4. The van der Waals surface area contributed by atoms with Crippen LogP contribution >= 0.6 is 0 Å². The summed E-state index contributed by atoms with van der Waals surface area (Å²) in [5, 5.41) is 17.6. The summed E-state index contributed by atoms with van der Waals surface area (Å²) < 4.78 is 0. The van der Waals surface area contributed by atoms with E-state index in [1.165, 1.54) is 0 Å². The third kappa shape index (κ3) is 7.54. The van der Waals surface area contributed by atoms with Crippen LogP contribution in [0.25, 0.3) is 0 Å². The molecule has 0 aromatic rings. The van der Waals surface area contributed by atoms with Gasteiger partial charge in [-0.3, -0.25) is 4.79 Å². The molecule has 12 heavy (non-hydrogen) atoms. The van der Waals surface area contributed by atoms with Gasteiger partial charge < -0.3 is 10.2 Å². The summed E-state index contributed by atoms with van der Waals surface area (Å²) >= 11 is 0. The van der Waals surface area contributed by atoms with Crippen molar-refractivity contribution in [1.82, 2.24) is 0 Å². The molecule has 0 saturated carbocycles. The summed E-state index contributed by atoms with van der Waals surface area (Å²) in [5.41, 5.74) is 0. The summed E-state index contributed by atoms with van der Waals surface area (Å²) in [6.45, 7) is 4.17. The maximum Gasteiger partial charge on any atom is 0.303 e. The summed E-state index contributed by atoms with van der Waals surface area (Å²) in [5.74, 6) is -0.261. The lowest BCUT2D eigenvalue weighted by molar-refractivity contribution is -0.137. The van der Waals surface area contributed by atoms with Crippen LogP contribution in [0.1, 0.15) is 39.5 Å². The van der Waals surface area contributed by atoms with Gasteiger partial charge in [-0.2, -0.15) is 0 Å². The fraction of sp³-hybridized carbons (Fsp3) is 0.889. The Hall–Kier alpha value is -0.570. The van der Waals surface area contributed by atoms with Crippen molar-refractivity contribution in [2.24, 2.45) is 5.92 Å². The van der Waals surface area contributed by atoms with Crippen LogP contribution in [0.5, 0.6) is 0 Å². The second-order valence-electron chi connectivity index (χ2n) is 3.56. The van der Waals surface area contributed by atoms with E-state index in [9.17, 15) is 9.90 Å². The highest BCUT2D eigenvalue weighted by atomic mass is 16.4. The zero-order valence-corrected chi connectivity index (χ0v) is 7.79. The second-order valence-corrected chi connectivity index (χ2v) is 3.56. The number of aliphatic hydroxyl groups is 1. The molecule has 0 heterocycles. The van der Waals surface area contributed by atoms with Gasteiger partial charge in [0.05, 0.1) is 6.10 Å². The predicted molar refractivity (Wildman–Crippen MR) is 46.9 cm³/mol. The van der Waals surface area contributed by atoms with E-state index in [2.05, 4.69) is 13.8 Å². The largest absolute Gasteiger partial charge is 0.481 e. The number of rotatable bonds is 6. The fourth-order valence-electron chi connectivity index (χ4n) is 0.960. The van der Waals surface area contributed by atoms with Gasteiger partial charge in [0.2, 0.25) is 0 Å². The van der Waals surface area contributed by atoms with E-state index >= 15 is 0 Å². The predicted octanol–water partition coefficient (Wildman–Crippen LogP) is 1.65. The molecule has 0 amide bonds. The zero-order valence-electron chi connectivity index (χ0n) is 7.79. The minimum absolute atomic E-state index is 0.0687. The Morgan fingerprint density at radius 3 is 2.25 bits per heavy atom. The number of hydrogen-bond donors (Lipinski definition) is 2. The maximum atomic E-state index is 10.1. The summed E-state index contributed by atoms with van der Waals surface area (Å²) in [4.78, 5) is 10.1. The molecule has 0 saturated heterocycles. The molecule has 0 aromatic carbocycles. The average Bonchev–Trinajstić information content (AvgIpc) is 1.96. The van der Waals surface area contributed by atoms with Crippen molar-refractivity contribution >= 4 is 5.97 Å². The molecule has 0 aliphatic rings. The normalized spacial score (nSPS) is 13.3. The molecule has 0 fully saturated rings. The molecule has 1 unspecified atom stereocenters. The number of carbonyl (C=O) groups is 1. The van der Waals surface area contributed by atoms with E-state index in [4.69, 9.17) is 5.11 Å². The molecule has 0 bridgehead atoms. The lowest BCUT2D eigenvalue weighted by atomic mass is 10.0. The van der Waals surface area contributed by atoms with Gasteiger partial charge in [-0.25, -0.2) is 0 Å². The van der Waals surface area contributed by atoms with E-state index in [0.29, 0.717) is 18.8 Å². The molecule has 0 aliphatic heterocycles. The minimum atomic E-state index is -0.835. The quantitative estimate of drug-likeness (QED) is 0.643. The molecule has 2 N–H and O–H groups in total. The Balaban J connectivity index is 3.33. The van der Waals surface area contributed by atoms with E-state index in [-0.39, 0.29) is 6.42 Å². The van der Waals surface area contributed by atoms with Gasteiger partial charge >= 0.3 is 5.97 Å². The minimum Gasteiger partial charge on any atom is -0.481 e. The van der Waals surface area contributed by atoms with Crippen molar-refractivity contribution < 1.29 is 15.0 Å². The van der Waals surface area contributed by atoms with Gasteiger partial charge in [0.1, 0.15) is 0 Å². The van der Waals surface area contributed by atoms with Crippen LogP contribution < -0.4 is 0 Å². The summed E-state index contributed by atoms with van der Waals surface area (Å²) in [6.07, 6.45) is 1.68. The zero-order chi connectivity index (χ0) is 9.56. The molecule has 0 radical (unpaired) electrons. The molecule has 0 spiro atoms. The van der Waals surface area contributed by atoms with Crippen LogP contribution in [0.2, 0.25) is 0 Å². The van der Waals surface area contributed by atoms with Crippen LogP contribution in [0, 0.1) is 5.92 Å². The van der Waals surface area contributed by atoms with Crippen molar-refractivity contribution in [3.05, 3.63) is 0 Å². The molecule has 0 aromatic heterocycles. The Labute approximate surface area is 73.4 Å². The SMILES string of the molecule is CC(C)CCC(O)CCC(=O)O. The van der Waals surface area contributed by atoms with Crippen molar-refractivity contribution in [2.45, 2.75) is 45.6 Å². The van der Waals surface area contributed by atoms with Gasteiger partial charge in [-0.05, 0) is 25.2 Å². The van der Waals surface area contributed by atoms with Crippen molar-refractivity contribution in [2.75, 3.05) is 0 Å². The molecule has 0 rings (SSSR count). The fourth-order valence-corrected chi connectivity index (χ4v) is 0.960. The number of carboxylic acids is 1. The Bertz CT molecular complexity index is 132. The van der Waals surface area contributed by atoms with Crippen molar-refractivity contribution in [1.29, 1.82) is 0 Å². The highest BCUT2D eigenvalue weighted by Gasteiger charge is 2.07. The van der Waals surface area contributed by atoms with Crippen LogP contribution in [0.4, 0.5) is 0 Å². The van der Waals surface area contributed by atoms with Crippen LogP contribution in [0.3, 0.4) is 0 Å². The Kier molecular flexibility index (Phi) is 5.72. The van der Waals surface area contributed by atoms with Gasteiger partial charge in [-0.1, -0.05) is 13.8 Å². The number of carboxylic acid groups (broad SMARTS) is 1. The highest BCUT2D eigenvalue weighted by molar-refractivity contribution is 5.66. The Morgan fingerprint density at radius 2 is 1.83 bits per heavy atom. The van der Waals surface area contributed by atoms with E-state index in [1.54, 1.807) is 0 Å². The molecule has 3 nitrogen and oxygen atoms in total. The molecule has 72 valence electrons. The van der Waals surface area contributed by atoms with E-state index in [1.807, 2.05) is 0 Å². The van der Waals surface area contributed by atoms with Gasteiger partial charge in [0.25, 0.3) is 0 Å². The summed E-state index contributed by atoms with van der Waals surface area (Å²) in [6, 6.07) is 0. The van der Waals surface area contributed by atoms with Gasteiger partial charge in [0, 0.05) is 6.42 Å². The van der Waals surface area contributed by atoms with E-state index < -0.39 is 12.1 Å². The second kappa shape index (κ2) is 6.00. The first-order valence-electron chi connectivity index (χ1n) is 4.42. The number of hydrogen-bond acceptors (Lipinski definition) is 2. The third-order valence-corrected chi connectivity index (χ3v) is 1.77. The highest BCUT2D eigenvalue weighted by Crippen LogP contribution is 2.10. The van der Waals surface area contributed by atoms with E-state index in [0.717, 1.165) is 6.42 Å². The van der Waals surface area contributed by atoms with Crippen LogP contribution in [0.15, 0.2) is 0 Å². The van der Waals surface area contributed by atoms with Crippen LogP contribution in [-0.2, 0) is 4.79 Å². The Morgan fingerprint density at radius 1 is 1.25 bits per heavy atom. The average molecular weight is 174 g/mol. The molecule has 3 heteroatoms. The lowest BCUT2D eigenvalue weighted by Gasteiger charge is -2.10. The maximum absolute atomic E-state index is 10.1. The third-order valence-electron chi connectivity index (χ3n) is 1.77. The van der Waals surface area contributed by atoms with Crippen molar-refractivity contribution in [3.8, 4) is 0 Å². The first-order valence-corrected chi connectivity index (χ1v) is 4.42.